The summed E-state index contributed by atoms with van der Waals surface area (Å²) in [5, 5.41) is 0. The van der Waals surface area contributed by atoms with Crippen LogP contribution in [0.5, 0.6) is 0 Å². The molecule has 0 aliphatic carbocycles. The van der Waals surface area contributed by atoms with Crippen LogP contribution in [0.15, 0.2) is 36.9 Å². The number of hydrogen-bond donors (Lipinski definition) is 0. The Bertz CT molecular complexity index is 453. The Labute approximate surface area is 113 Å². The molecule has 0 unspecified atom stereocenters. The van der Waals surface area contributed by atoms with Gasteiger partial charge in [-0.2, -0.15) is 0 Å². The van der Waals surface area contributed by atoms with Crippen molar-refractivity contribution in [1.29, 1.82) is 0 Å². The maximum Gasteiger partial charge on any atom is 0.227 e. The molecule has 1 heterocycles. The summed E-state index contributed by atoms with van der Waals surface area (Å²) in [4.78, 5) is 16.2. The molecule has 19 heavy (non-hydrogen) atoms. The molecule has 1 aromatic carbocycles. The molecule has 1 saturated heterocycles. The second-order valence-electron chi connectivity index (χ2n) is 4.74. The number of nitrogens with zero attached hydrogens (tertiary/aromatic N) is 2. The van der Waals surface area contributed by atoms with Crippen LogP contribution in [0.2, 0.25) is 0 Å². The molecule has 3 nitrogen and oxygen atoms in total. The third kappa shape index (κ3) is 3.64. The number of hydrogen-bond acceptors (Lipinski definition) is 2. The molecule has 0 aromatic heterocycles. The van der Waals surface area contributed by atoms with Gasteiger partial charge in [0.2, 0.25) is 5.91 Å². The number of carbonyl (C=O) groups is 1. The SMILES string of the molecule is C=CCN1CCN(C(=O)Cc2ccccc2F)CC1. The molecule has 4 heteroatoms. The Morgan fingerprint density at radius 1 is 1.26 bits per heavy atom. The van der Waals surface area contributed by atoms with Crippen LogP contribution in [0.3, 0.4) is 0 Å². The first kappa shape index (κ1) is 13.7. The van der Waals surface area contributed by atoms with E-state index in [4.69, 9.17) is 0 Å². The lowest BCUT2D eigenvalue weighted by molar-refractivity contribution is -0.132. The highest BCUT2D eigenvalue weighted by Crippen LogP contribution is 2.10. The smallest absolute Gasteiger partial charge is 0.227 e. The summed E-state index contributed by atoms with van der Waals surface area (Å²) in [6.07, 6.45) is 2.02. The molecule has 1 fully saturated rings. The number of benzene rings is 1. The third-order valence-electron chi connectivity index (χ3n) is 3.41. The summed E-state index contributed by atoms with van der Waals surface area (Å²) in [6.45, 7) is 7.70. The molecule has 0 bridgehead atoms. The van der Waals surface area contributed by atoms with Crippen molar-refractivity contribution < 1.29 is 9.18 Å². The van der Waals surface area contributed by atoms with E-state index in [0.29, 0.717) is 18.7 Å². The predicted octanol–water partition coefficient (Wildman–Crippen LogP) is 1.70. The molecule has 0 radical (unpaired) electrons. The van der Waals surface area contributed by atoms with E-state index in [0.717, 1.165) is 19.6 Å². The van der Waals surface area contributed by atoms with Gasteiger partial charge in [-0.1, -0.05) is 24.3 Å². The largest absolute Gasteiger partial charge is 0.340 e. The maximum atomic E-state index is 13.5. The van der Waals surface area contributed by atoms with Crippen LogP contribution >= 0.6 is 0 Å². The van der Waals surface area contributed by atoms with Gasteiger partial charge >= 0.3 is 0 Å². The molecule has 2 rings (SSSR count). The zero-order chi connectivity index (χ0) is 13.7. The highest BCUT2D eigenvalue weighted by molar-refractivity contribution is 5.78. The second-order valence-corrected chi connectivity index (χ2v) is 4.74. The Kier molecular flexibility index (Phi) is 4.68. The third-order valence-corrected chi connectivity index (χ3v) is 3.41. The first-order valence-corrected chi connectivity index (χ1v) is 6.55. The molecule has 1 amide bonds. The van der Waals surface area contributed by atoms with Gasteiger partial charge in [-0.15, -0.1) is 6.58 Å². The van der Waals surface area contributed by atoms with Crippen molar-refractivity contribution in [3.05, 3.63) is 48.3 Å². The van der Waals surface area contributed by atoms with Gasteiger partial charge in [-0.25, -0.2) is 4.39 Å². The topological polar surface area (TPSA) is 23.6 Å². The first-order valence-electron chi connectivity index (χ1n) is 6.55. The highest BCUT2D eigenvalue weighted by Gasteiger charge is 2.21. The summed E-state index contributed by atoms with van der Waals surface area (Å²) in [7, 11) is 0. The van der Waals surface area contributed by atoms with Gasteiger partial charge in [0.1, 0.15) is 5.82 Å². The van der Waals surface area contributed by atoms with E-state index < -0.39 is 0 Å². The lowest BCUT2D eigenvalue weighted by atomic mass is 10.1. The number of rotatable bonds is 4. The fraction of sp³-hybridized carbons (Fsp3) is 0.400. The zero-order valence-electron chi connectivity index (χ0n) is 11.0. The normalized spacial score (nSPS) is 16.4. The van der Waals surface area contributed by atoms with Gasteiger partial charge in [0.05, 0.1) is 6.42 Å². The molecule has 1 aliphatic rings. The molecule has 1 aliphatic heterocycles. The van der Waals surface area contributed by atoms with Crippen molar-refractivity contribution in [3.63, 3.8) is 0 Å². The lowest BCUT2D eigenvalue weighted by Crippen LogP contribution is -2.49. The number of piperazine rings is 1. The van der Waals surface area contributed by atoms with Crippen molar-refractivity contribution in [1.82, 2.24) is 9.80 Å². The fourth-order valence-corrected chi connectivity index (χ4v) is 2.28. The summed E-state index contributed by atoms with van der Waals surface area (Å²) in [5.41, 5.74) is 0.473. The Morgan fingerprint density at radius 3 is 2.58 bits per heavy atom. The van der Waals surface area contributed by atoms with Gasteiger partial charge in [-0.3, -0.25) is 9.69 Å². The summed E-state index contributed by atoms with van der Waals surface area (Å²) in [5.74, 6) is -0.301. The van der Waals surface area contributed by atoms with Crippen LogP contribution in [-0.4, -0.2) is 48.4 Å². The molecule has 102 valence electrons. The number of halogens is 1. The molecule has 0 atom stereocenters. The second kappa shape index (κ2) is 6.48. The summed E-state index contributed by atoms with van der Waals surface area (Å²) in [6, 6.07) is 6.46. The van der Waals surface area contributed by atoms with Crippen LogP contribution in [0.1, 0.15) is 5.56 Å². The number of amides is 1. The molecule has 1 aromatic rings. The van der Waals surface area contributed by atoms with Crippen molar-refractivity contribution >= 4 is 5.91 Å². The lowest BCUT2D eigenvalue weighted by Gasteiger charge is -2.34. The predicted molar refractivity (Wildman–Crippen MR) is 73.3 cm³/mol. The van der Waals surface area contributed by atoms with Gasteiger partial charge < -0.3 is 4.90 Å². The Hall–Kier alpha value is -1.68. The molecular formula is C15H19FN2O. The molecule has 0 spiro atoms. The van der Waals surface area contributed by atoms with Gasteiger partial charge in [0, 0.05) is 32.7 Å². The van der Waals surface area contributed by atoms with Gasteiger partial charge in [0.15, 0.2) is 0 Å². The molecule has 0 N–H and O–H groups in total. The van der Waals surface area contributed by atoms with Crippen LogP contribution in [-0.2, 0) is 11.2 Å². The summed E-state index contributed by atoms with van der Waals surface area (Å²) < 4.78 is 13.5. The van der Waals surface area contributed by atoms with Gasteiger partial charge in [0.25, 0.3) is 0 Å². The van der Waals surface area contributed by atoms with Crippen LogP contribution < -0.4 is 0 Å². The average Bonchev–Trinajstić information content (AvgIpc) is 2.42. The van der Waals surface area contributed by atoms with Crippen LogP contribution in [0.25, 0.3) is 0 Å². The average molecular weight is 262 g/mol. The van der Waals surface area contributed by atoms with Crippen molar-refractivity contribution in [2.45, 2.75) is 6.42 Å². The van der Waals surface area contributed by atoms with Gasteiger partial charge in [-0.05, 0) is 11.6 Å². The van der Waals surface area contributed by atoms with Crippen LogP contribution in [0, 0.1) is 5.82 Å². The summed E-state index contributed by atoms with van der Waals surface area (Å²) >= 11 is 0. The van der Waals surface area contributed by atoms with E-state index in [1.54, 1.807) is 18.2 Å². The van der Waals surface area contributed by atoms with E-state index in [2.05, 4.69) is 11.5 Å². The van der Waals surface area contributed by atoms with E-state index in [1.165, 1.54) is 6.07 Å². The van der Waals surface area contributed by atoms with Crippen LogP contribution in [0.4, 0.5) is 4.39 Å². The van der Waals surface area contributed by atoms with Crippen molar-refractivity contribution in [2.24, 2.45) is 0 Å². The Morgan fingerprint density at radius 2 is 1.95 bits per heavy atom. The molecular weight excluding hydrogens is 243 g/mol. The van der Waals surface area contributed by atoms with E-state index in [9.17, 15) is 9.18 Å². The number of carbonyl (C=O) groups excluding carboxylic acids is 1. The van der Waals surface area contributed by atoms with E-state index in [-0.39, 0.29) is 18.1 Å². The Balaban J connectivity index is 1.88. The highest BCUT2D eigenvalue weighted by atomic mass is 19.1. The minimum Gasteiger partial charge on any atom is -0.340 e. The van der Waals surface area contributed by atoms with E-state index >= 15 is 0 Å². The quantitative estimate of drug-likeness (QED) is 0.771. The fourth-order valence-electron chi connectivity index (χ4n) is 2.28. The zero-order valence-corrected chi connectivity index (χ0v) is 11.0. The minimum absolute atomic E-state index is 0.00310. The monoisotopic (exact) mass is 262 g/mol. The standard InChI is InChI=1S/C15H19FN2O/c1-2-7-17-8-10-18(11-9-17)15(19)12-13-5-3-4-6-14(13)16/h2-6H,1,7-12H2. The maximum absolute atomic E-state index is 13.5. The first-order chi connectivity index (χ1) is 9.20. The van der Waals surface area contributed by atoms with E-state index in [1.807, 2.05) is 11.0 Å². The van der Waals surface area contributed by atoms with Crippen molar-refractivity contribution in [3.8, 4) is 0 Å². The molecule has 0 saturated carbocycles. The van der Waals surface area contributed by atoms with Crippen molar-refractivity contribution in [2.75, 3.05) is 32.7 Å². The minimum atomic E-state index is -0.304.